The number of fused-ring (bicyclic) bond motifs is 1. The van der Waals surface area contributed by atoms with Crippen LogP contribution in [0.1, 0.15) is 40.7 Å². The number of nitrogen functional groups attached to an aromatic ring is 1. The number of sulfonamides is 1. The molecule has 0 amide bonds. The Bertz CT molecular complexity index is 812. The zero-order valence-electron chi connectivity index (χ0n) is 12.6. The molecule has 1 unspecified atom stereocenters. The molecule has 118 valence electrons. The highest BCUT2D eigenvalue weighted by Gasteiger charge is 2.28. The first-order valence-electron chi connectivity index (χ1n) is 7.21. The van der Waals surface area contributed by atoms with Gasteiger partial charge in [0.1, 0.15) is 0 Å². The Balaban J connectivity index is 1.93. The number of aryl methyl sites for hydroxylation is 3. The summed E-state index contributed by atoms with van der Waals surface area (Å²) in [6.45, 7) is 3.54. The van der Waals surface area contributed by atoms with E-state index in [1.54, 1.807) is 6.92 Å². The lowest BCUT2D eigenvalue weighted by atomic mass is 9.88. The largest absolute Gasteiger partial charge is 0.399 e. The van der Waals surface area contributed by atoms with Crippen LogP contribution >= 0.6 is 11.3 Å². The minimum atomic E-state index is -3.55. The van der Waals surface area contributed by atoms with Crippen molar-refractivity contribution in [3.8, 4) is 0 Å². The molecule has 0 saturated carbocycles. The van der Waals surface area contributed by atoms with E-state index in [4.69, 9.17) is 5.73 Å². The normalized spacial score (nSPS) is 18.2. The molecular weight excluding hydrogens is 318 g/mol. The van der Waals surface area contributed by atoms with Crippen molar-refractivity contribution < 1.29 is 8.42 Å². The first kappa shape index (κ1) is 15.5. The van der Waals surface area contributed by atoms with Crippen molar-refractivity contribution in [2.24, 2.45) is 0 Å². The zero-order chi connectivity index (χ0) is 15.9. The number of hydrogen-bond donors (Lipinski definition) is 2. The highest BCUT2D eigenvalue weighted by Crippen LogP contribution is 2.33. The van der Waals surface area contributed by atoms with Crippen molar-refractivity contribution in [3.63, 3.8) is 0 Å². The van der Waals surface area contributed by atoms with E-state index in [1.807, 2.05) is 25.1 Å². The van der Waals surface area contributed by atoms with Crippen molar-refractivity contribution >= 4 is 27.0 Å². The van der Waals surface area contributed by atoms with Crippen LogP contribution in [0.25, 0.3) is 0 Å². The minimum Gasteiger partial charge on any atom is -0.399 e. The van der Waals surface area contributed by atoms with Crippen molar-refractivity contribution in [1.82, 2.24) is 9.71 Å². The molecule has 7 heteroatoms. The van der Waals surface area contributed by atoms with Gasteiger partial charge in [0.25, 0.3) is 10.0 Å². The summed E-state index contributed by atoms with van der Waals surface area (Å²) >= 11 is 1.21. The summed E-state index contributed by atoms with van der Waals surface area (Å²) in [5.41, 5.74) is 9.27. The SMILES string of the molecule is Cc1nc(C)c(S(=O)(=O)NC2CCCc3cc(N)ccc32)s1. The van der Waals surface area contributed by atoms with Crippen LogP contribution in [0.15, 0.2) is 22.4 Å². The lowest BCUT2D eigenvalue weighted by molar-refractivity contribution is 0.508. The van der Waals surface area contributed by atoms with E-state index >= 15 is 0 Å². The number of benzene rings is 1. The maximum absolute atomic E-state index is 12.6. The number of aromatic nitrogens is 1. The molecule has 0 radical (unpaired) electrons. The van der Waals surface area contributed by atoms with Gasteiger partial charge in [-0.05, 0) is 56.4 Å². The topological polar surface area (TPSA) is 85.1 Å². The Morgan fingerprint density at radius 1 is 1.36 bits per heavy atom. The van der Waals surface area contributed by atoms with Gasteiger partial charge in [-0.25, -0.2) is 18.1 Å². The molecule has 22 heavy (non-hydrogen) atoms. The number of anilines is 1. The minimum absolute atomic E-state index is 0.198. The van der Waals surface area contributed by atoms with Crippen molar-refractivity contribution in [2.45, 2.75) is 43.4 Å². The predicted octanol–water partition coefficient (Wildman–Crippen LogP) is 2.70. The van der Waals surface area contributed by atoms with Gasteiger partial charge < -0.3 is 5.73 Å². The van der Waals surface area contributed by atoms with E-state index in [1.165, 1.54) is 11.3 Å². The third kappa shape index (κ3) is 2.88. The maximum Gasteiger partial charge on any atom is 0.252 e. The molecule has 0 aliphatic heterocycles. The Hall–Kier alpha value is -1.44. The van der Waals surface area contributed by atoms with Crippen LogP contribution in [0.4, 0.5) is 5.69 Å². The van der Waals surface area contributed by atoms with Gasteiger partial charge in [0, 0.05) is 11.7 Å². The lowest BCUT2D eigenvalue weighted by Gasteiger charge is -2.26. The molecule has 1 aliphatic carbocycles. The van der Waals surface area contributed by atoms with Crippen LogP contribution in [-0.2, 0) is 16.4 Å². The van der Waals surface area contributed by atoms with Gasteiger partial charge in [-0.15, -0.1) is 11.3 Å². The molecule has 0 bridgehead atoms. The summed E-state index contributed by atoms with van der Waals surface area (Å²) in [5, 5.41) is 0.759. The second kappa shape index (κ2) is 5.64. The molecule has 0 spiro atoms. The van der Waals surface area contributed by atoms with Gasteiger partial charge in [0.15, 0.2) is 4.21 Å². The standard InChI is InChI=1S/C15H19N3O2S2/c1-9-15(21-10(2)17-9)22(19,20)18-14-5-3-4-11-8-12(16)6-7-13(11)14/h6-8,14,18H,3-5,16H2,1-2H3. The van der Waals surface area contributed by atoms with Gasteiger partial charge in [-0.1, -0.05) is 6.07 Å². The number of thiazole rings is 1. The average molecular weight is 337 g/mol. The molecule has 2 aromatic rings. The van der Waals surface area contributed by atoms with Crippen LogP contribution in [0, 0.1) is 13.8 Å². The second-order valence-electron chi connectivity index (χ2n) is 5.63. The third-order valence-electron chi connectivity index (χ3n) is 3.88. The van der Waals surface area contributed by atoms with E-state index < -0.39 is 10.0 Å². The molecule has 3 rings (SSSR count). The fourth-order valence-corrected chi connectivity index (χ4v) is 5.71. The Labute approximate surface area is 134 Å². The molecule has 5 nitrogen and oxygen atoms in total. The van der Waals surface area contributed by atoms with Crippen LogP contribution in [-0.4, -0.2) is 13.4 Å². The highest BCUT2D eigenvalue weighted by atomic mass is 32.2. The third-order valence-corrected chi connectivity index (χ3v) is 7.04. The molecule has 1 aromatic carbocycles. The van der Waals surface area contributed by atoms with Gasteiger partial charge in [0.05, 0.1) is 10.7 Å². The summed E-state index contributed by atoms with van der Waals surface area (Å²) in [6, 6.07) is 5.50. The van der Waals surface area contributed by atoms with Gasteiger partial charge in [-0.2, -0.15) is 0 Å². The van der Waals surface area contributed by atoms with Gasteiger partial charge in [-0.3, -0.25) is 0 Å². The van der Waals surface area contributed by atoms with Crippen molar-refractivity contribution in [2.75, 3.05) is 5.73 Å². The van der Waals surface area contributed by atoms with Crippen molar-refractivity contribution in [3.05, 3.63) is 40.0 Å². The molecule has 0 saturated heterocycles. The lowest BCUT2D eigenvalue weighted by Crippen LogP contribution is -2.31. The first-order chi connectivity index (χ1) is 10.4. The van der Waals surface area contributed by atoms with Crippen LogP contribution in [0.5, 0.6) is 0 Å². The smallest absolute Gasteiger partial charge is 0.252 e. The maximum atomic E-state index is 12.6. The second-order valence-corrected chi connectivity index (χ2v) is 8.74. The number of hydrogen-bond acceptors (Lipinski definition) is 5. The summed E-state index contributed by atoms with van der Waals surface area (Å²) < 4.78 is 28.4. The van der Waals surface area contributed by atoms with E-state index in [0.29, 0.717) is 9.90 Å². The van der Waals surface area contributed by atoms with Crippen molar-refractivity contribution in [1.29, 1.82) is 0 Å². The Kier molecular flexibility index (Phi) is 3.96. The Morgan fingerprint density at radius 3 is 2.82 bits per heavy atom. The number of nitrogens with one attached hydrogen (secondary N) is 1. The average Bonchev–Trinajstić information content (AvgIpc) is 2.78. The van der Waals surface area contributed by atoms with Crippen LogP contribution in [0.2, 0.25) is 0 Å². The monoisotopic (exact) mass is 337 g/mol. The zero-order valence-corrected chi connectivity index (χ0v) is 14.2. The highest BCUT2D eigenvalue weighted by molar-refractivity contribution is 7.91. The van der Waals surface area contributed by atoms with E-state index in [0.717, 1.165) is 41.1 Å². The number of nitrogens with zero attached hydrogens (tertiary/aromatic N) is 1. The molecule has 3 N–H and O–H groups in total. The van der Waals surface area contributed by atoms with E-state index in [2.05, 4.69) is 9.71 Å². The summed E-state index contributed by atoms with van der Waals surface area (Å²) in [5.74, 6) is 0. The Morgan fingerprint density at radius 2 is 2.14 bits per heavy atom. The molecule has 0 fully saturated rings. The van der Waals surface area contributed by atoms with E-state index in [-0.39, 0.29) is 6.04 Å². The molecule has 1 aromatic heterocycles. The summed E-state index contributed by atoms with van der Waals surface area (Å²) in [6.07, 6.45) is 2.69. The van der Waals surface area contributed by atoms with Gasteiger partial charge in [0.2, 0.25) is 0 Å². The molecule has 1 aliphatic rings. The fraction of sp³-hybridized carbons (Fsp3) is 0.400. The molecule has 1 atom stereocenters. The number of rotatable bonds is 3. The molecular formula is C15H19N3O2S2. The number of nitrogens with two attached hydrogens (primary N) is 1. The summed E-state index contributed by atoms with van der Waals surface area (Å²) in [7, 11) is -3.55. The van der Waals surface area contributed by atoms with E-state index in [9.17, 15) is 8.42 Å². The quantitative estimate of drug-likeness (QED) is 0.843. The van der Waals surface area contributed by atoms with Crippen LogP contribution < -0.4 is 10.5 Å². The fourth-order valence-electron chi connectivity index (χ4n) is 2.96. The predicted molar refractivity (Wildman–Crippen MR) is 88.4 cm³/mol. The van der Waals surface area contributed by atoms with Crippen LogP contribution in [0.3, 0.4) is 0 Å². The van der Waals surface area contributed by atoms with Gasteiger partial charge >= 0.3 is 0 Å². The summed E-state index contributed by atoms with van der Waals surface area (Å²) in [4.78, 5) is 4.21. The molecule has 1 heterocycles. The first-order valence-corrected chi connectivity index (χ1v) is 9.51.